The minimum absolute atomic E-state index is 0.00287. The molecule has 2 rings (SSSR count). The molecule has 1 aliphatic carbocycles. The van der Waals surface area contributed by atoms with Gasteiger partial charge in [0, 0.05) is 25.9 Å². The minimum atomic E-state index is -0.325. The van der Waals surface area contributed by atoms with Gasteiger partial charge in [-0.15, -0.1) is 0 Å². The van der Waals surface area contributed by atoms with Crippen molar-refractivity contribution in [2.75, 3.05) is 13.1 Å². The fraction of sp³-hybridized carbons (Fsp3) is 1.00. The second-order valence-electron chi connectivity index (χ2n) is 3.90. The molecule has 0 aromatic carbocycles. The van der Waals surface area contributed by atoms with Crippen LogP contribution in [0.15, 0.2) is 0 Å². The van der Waals surface area contributed by atoms with Gasteiger partial charge in [-0.3, -0.25) is 0 Å². The molecule has 1 saturated carbocycles. The third-order valence-corrected chi connectivity index (χ3v) is 2.98. The molecule has 0 radical (unpaired) electrons. The Kier molecular flexibility index (Phi) is 2.55. The lowest BCUT2D eigenvalue weighted by Gasteiger charge is -2.21. The maximum Gasteiger partial charge on any atom is 0.169 e. The summed E-state index contributed by atoms with van der Waals surface area (Å²) in [5, 5.41) is 0. The predicted molar refractivity (Wildman–Crippen MR) is 49.1 cm³/mol. The van der Waals surface area contributed by atoms with Gasteiger partial charge < -0.3 is 20.9 Å². The van der Waals surface area contributed by atoms with Crippen molar-refractivity contribution in [3.05, 3.63) is 0 Å². The van der Waals surface area contributed by atoms with Crippen LogP contribution in [0, 0.1) is 0 Å². The molecule has 0 unspecified atom stereocenters. The number of hydrogen-bond acceptors (Lipinski definition) is 4. The fourth-order valence-electron chi connectivity index (χ4n) is 2.28. The molecule has 13 heavy (non-hydrogen) atoms. The van der Waals surface area contributed by atoms with Crippen LogP contribution in [-0.2, 0) is 9.47 Å². The molecule has 1 spiro atoms. The Morgan fingerprint density at radius 1 is 1.00 bits per heavy atom. The van der Waals surface area contributed by atoms with Crippen LogP contribution >= 0.6 is 0 Å². The van der Waals surface area contributed by atoms with Gasteiger partial charge >= 0.3 is 0 Å². The van der Waals surface area contributed by atoms with Gasteiger partial charge in [-0.25, -0.2) is 0 Å². The Hall–Kier alpha value is -0.160. The van der Waals surface area contributed by atoms with E-state index in [4.69, 9.17) is 20.9 Å². The van der Waals surface area contributed by atoms with E-state index in [1.807, 2.05) is 0 Å². The Bertz CT molecular complexity index is 166. The van der Waals surface area contributed by atoms with E-state index in [0.29, 0.717) is 13.1 Å². The molecule has 1 heterocycles. The van der Waals surface area contributed by atoms with Gasteiger partial charge in [0.05, 0.1) is 0 Å². The highest BCUT2D eigenvalue weighted by Gasteiger charge is 2.47. The van der Waals surface area contributed by atoms with Crippen molar-refractivity contribution in [3.8, 4) is 0 Å². The van der Waals surface area contributed by atoms with E-state index < -0.39 is 0 Å². The molecule has 4 heteroatoms. The van der Waals surface area contributed by atoms with Crippen LogP contribution < -0.4 is 11.5 Å². The molecule has 0 aromatic rings. The van der Waals surface area contributed by atoms with Crippen molar-refractivity contribution in [1.82, 2.24) is 0 Å². The van der Waals surface area contributed by atoms with E-state index in [1.54, 1.807) is 0 Å². The lowest BCUT2D eigenvalue weighted by atomic mass is 10.2. The van der Waals surface area contributed by atoms with Gasteiger partial charge in [0.25, 0.3) is 0 Å². The quantitative estimate of drug-likeness (QED) is 0.634. The molecule has 0 aromatic heterocycles. The van der Waals surface area contributed by atoms with E-state index in [0.717, 1.165) is 12.8 Å². The van der Waals surface area contributed by atoms with Gasteiger partial charge in [0.15, 0.2) is 5.79 Å². The zero-order valence-electron chi connectivity index (χ0n) is 7.87. The average molecular weight is 186 g/mol. The highest BCUT2D eigenvalue weighted by molar-refractivity contribution is 4.90. The monoisotopic (exact) mass is 186 g/mol. The first-order valence-corrected chi connectivity index (χ1v) is 5.05. The maximum absolute atomic E-state index is 5.84. The summed E-state index contributed by atoms with van der Waals surface area (Å²) in [6.45, 7) is 1.01. The summed E-state index contributed by atoms with van der Waals surface area (Å²) in [5.74, 6) is -0.325. The topological polar surface area (TPSA) is 70.5 Å². The third kappa shape index (κ3) is 1.59. The van der Waals surface area contributed by atoms with Crippen molar-refractivity contribution in [2.24, 2.45) is 11.5 Å². The molecular formula is C9H18N2O2. The van der Waals surface area contributed by atoms with Crippen molar-refractivity contribution in [1.29, 1.82) is 0 Å². The Morgan fingerprint density at radius 3 is 1.85 bits per heavy atom. The van der Waals surface area contributed by atoms with Crippen LogP contribution in [0.5, 0.6) is 0 Å². The van der Waals surface area contributed by atoms with Crippen LogP contribution in [-0.4, -0.2) is 31.1 Å². The zero-order valence-corrected chi connectivity index (χ0v) is 7.87. The number of nitrogens with two attached hydrogens (primary N) is 2. The molecule has 2 fully saturated rings. The summed E-state index contributed by atoms with van der Waals surface area (Å²) < 4.78 is 11.7. The van der Waals surface area contributed by atoms with E-state index in [2.05, 4.69) is 0 Å². The highest BCUT2D eigenvalue weighted by atomic mass is 16.8. The summed E-state index contributed by atoms with van der Waals surface area (Å²) in [7, 11) is 0. The SMILES string of the molecule is NC[C@@H]1OC2(CCCC2)O[C@H]1CN. The predicted octanol–water partition coefficient (Wildman–Crippen LogP) is -0.0419. The molecular weight excluding hydrogens is 168 g/mol. The first-order valence-electron chi connectivity index (χ1n) is 5.05. The summed E-state index contributed by atoms with van der Waals surface area (Å²) in [6, 6.07) is 0. The molecule has 0 bridgehead atoms. The average Bonchev–Trinajstić information content (AvgIpc) is 2.74. The second kappa shape index (κ2) is 3.53. The van der Waals surface area contributed by atoms with Crippen LogP contribution in [0.25, 0.3) is 0 Å². The highest BCUT2D eigenvalue weighted by Crippen LogP contribution is 2.41. The standard InChI is InChI=1S/C9H18N2O2/c10-5-7-8(6-11)13-9(12-7)3-1-2-4-9/h7-8H,1-6,10-11H2/t7-,8-/m0/s1. The second-order valence-corrected chi connectivity index (χ2v) is 3.90. The normalized spacial score (nSPS) is 37.4. The van der Waals surface area contributed by atoms with Gasteiger partial charge in [0.2, 0.25) is 0 Å². The van der Waals surface area contributed by atoms with Gasteiger partial charge in [0.1, 0.15) is 12.2 Å². The summed E-state index contributed by atoms with van der Waals surface area (Å²) in [5.41, 5.74) is 11.2. The first-order chi connectivity index (χ1) is 6.29. The molecule has 2 aliphatic rings. The summed E-state index contributed by atoms with van der Waals surface area (Å²) in [6.07, 6.45) is 4.38. The van der Waals surface area contributed by atoms with Gasteiger partial charge in [-0.1, -0.05) is 0 Å². The smallest absolute Gasteiger partial charge is 0.169 e. The molecule has 1 aliphatic heterocycles. The molecule has 1 saturated heterocycles. The molecule has 2 atom stereocenters. The fourth-order valence-corrected chi connectivity index (χ4v) is 2.28. The van der Waals surface area contributed by atoms with Crippen molar-refractivity contribution < 1.29 is 9.47 Å². The van der Waals surface area contributed by atoms with Crippen LogP contribution in [0.1, 0.15) is 25.7 Å². The van der Waals surface area contributed by atoms with Crippen molar-refractivity contribution in [3.63, 3.8) is 0 Å². The van der Waals surface area contributed by atoms with E-state index in [-0.39, 0.29) is 18.0 Å². The zero-order chi connectivity index (χ0) is 9.31. The lowest BCUT2D eigenvalue weighted by Crippen LogP contribution is -2.35. The number of hydrogen-bond donors (Lipinski definition) is 2. The van der Waals surface area contributed by atoms with E-state index in [9.17, 15) is 0 Å². The largest absolute Gasteiger partial charge is 0.343 e. The van der Waals surface area contributed by atoms with Crippen LogP contribution in [0.3, 0.4) is 0 Å². The van der Waals surface area contributed by atoms with Crippen LogP contribution in [0.2, 0.25) is 0 Å². The molecule has 0 amide bonds. The Morgan fingerprint density at radius 2 is 1.46 bits per heavy atom. The van der Waals surface area contributed by atoms with E-state index >= 15 is 0 Å². The summed E-state index contributed by atoms with van der Waals surface area (Å²) >= 11 is 0. The summed E-state index contributed by atoms with van der Waals surface area (Å²) in [4.78, 5) is 0. The molecule has 76 valence electrons. The van der Waals surface area contributed by atoms with Gasteiger partial charge in [-0.05, 0) is 12.8 Å². The van der Waals surface area contributed by atoms with Crippen molar-refractivity contribution >= 4 is 0 Å². The lowest BCUT2D eigenvalue weighted by molar-refractivity contribution is -0.167. The minimum Gasteiger partial charge on any atom is -0.343 e. The maximum atomic E-state index is 5.84. The molecule has 4 N–H and O–H groups in total. The number of rotatable bonds is 2. The van der Waals surface area contributed by atoms with Crippen molar-refractivity contribution in [2.45, 2.75) is 43.7 Å². The van der Waals surface area contributed by atoms with Gasteiger partial charge in [-0.2, -0.15) is 0 Å². The Balaban J connectivity index is 2.03. The molecule has 4 nitrogen and oxygen atoms in total. The van der Waals surface area contributed by atoms with Crippen LogP contribution in [0.4, 0.5) is 0 Å². The Labute approximate surface area is 78.6 Å². The number of ether oxygens (including phenoxy) is 2. The van der Waals surface area contributed by atoms with E-state index in [1.165, 1.54) is 12.8 Å². The third-order valence-electron chi connectivity index (χ3n) is 2.98. The first kappa shape index (κ1) is 9.40.